The second-order valence-corrected chi connectivity index (χ2v) is 12.4. The van der Waals surface area contributed by atoms with Gasteiger partial charge in [0.2, 0.25) is 10.0 Å². The molecule has 2 saturated carbocycles. The van der Waals surface area contributed by atoms with Gasteiger partial charge in [0.05, 0.1) is 5.75 Å². The van der Waals surface area contributed by atoms with E-state index >= 15 is 0 Å². The average molecular weight is 386 g/mol. The molecule has 3 atom stereocenters. The van der Waals surface area contributed by atoms with Crippen molar-refractivity contribution in [3.63, 3.8) is 0 Å². The highest BCUT2D eigenvalue weighted by Gasteiger charge is 2.65. The lowest BCUT2D eigenvalue weighted by atomic mass is 9.70. The van der Waals surface area contributed by atoms with Crippen molar-refractivity contribution in [2.45, 2.75) is 52.4 Å². The zero-order chi connectivity index (χ0) is 17.9. The van der Waals surface area contributed by atoms with Crippen LogP contribution in [-0.2, 0) is 14.8 Å². The highest BCUT2D eigenvalue weighted by molar-refractivity contribution is 7.99. The molecular weight excluding hydrogens is 354 g/mol. The Hall–Kier alpha value is -0.0700. The second-order valence-electron chi connectivity index (χ2n) is 9.28. The van der Waals surface area contributed by atoms with Gasteiger partial charge in [-0.05, 0) is 66.8 Å². The van der Waals surface area contributed by atoms with Crippen molar-refractivity contribution in [3.8, 4) is 0 Å². The summed E-state index contributed by atoms with van der Waals surface area (Å²) in [7, 11) is -3.35. The van der Waals surface area contributed by atoms with E-state index in [0.717, 1.165) is 31.6 Å². The summed E-state index contributed by atoms with van der Waals surface area (Å²) in [6.07, 6.45) is 5.65. The minimum atomic E-state index is -3.35. The number of carbonyl (C=O) groups excluding carboxylic acids is 1. The standard InChI is InChI=1S/C19H31NO3S2/c1-18(2)16-3-7-19(18,17(21)11-16)13-25(22,23)20-8-4-14(5-9-20)15-6-10-24-12-15/h14-16H,3-13H2,1-2H3. The van der Waals surface area contributed by atoms with Gasteiger partial charge in [0.1, 0.15) is 5.78 Å². The number of nitrogens with zero attached hydrogens (tertiary/aromatic N) is 1. The molecule has 0 spiro atoms. The zero-order valence-electron chi connectivity index (χ0n) is 15.5. The summed E-state index contributed by atoms with van der Waals surface area (Å²) in [5, 5.41) is 0. The van der Waals surface area contributed by atoms with Gasteiger partial charge in [-0.2, -0.15) is 11.8 Å². The minimum absolute atomic E-state index is 0.0479. The van der Waals surface area contributed by atoms with Crippen molar-refractivity contribution in [1.82, 2.24) is 4.31 Å². The molecule has 2 bridgehead atoms. The largest absolute Gasteiger partial charge is 0.299 e. The zero-order valence-corrected chi connectivity index (χ0v) is 17.1. The Labute approximate surface area is 156 Å². The predicted molar refractivity (Wildman–Crippen MR) is 102 cm³/mol. The first-order valence-corrected chi connectivity index (χ1v) is 12.6. The van der Waals surface area contributed by atoms with Gasteiger partial charge < -0.3 is 0 Å². The van der Waals surface area contributed by atoms with E-state index in [0.29, 0.717) is 31.3 Å². The first-order chi connectivity index (χ1) is 11.8. The first-order valence-electron chi connectivity index (χ1n) is 9.85. The minimum Gasteiger partial charge on any atom is -0.299 e. The summed E-state index contributed by atoms with van der Waals surface area (Å²) in [6, 6.07) is 0. The quantitative estimate of drug-likeness (QED) is 0.746. The van der Waals surface area contributed by atoms with E-state index in [1.165, 1.54) is 17.9 Å². The third-order valence-electron chi connectivity index (χ3n) is 8.09. The topological polar surface area (TPSA) is 54.5 Å². The van der Waals surface area contributed by atoms with E-state index in [1.54, 1.807) is 4.31 Å². The summed E-state index contributed by atoms with van der Waals surface area (Å²) < 4.78 is 28.0. The molecule has 2 saturated heterocycles. The Balaban J connectivity index is 1.45. The van der Waals surface area contributed by atoms with E-state index in [-0.39, 0.29) is 17.0 Å². The summed E-state index contributed by atoms with van der Waals surface area (Å²) in [4.78, 5) is 12.7. The number of sulfonamides is 1. The molecule has 0 aromatic rings. The molecule has 0 N–H and O–H groups in total. The Kier molecular flexibility index (Phi) is 4.56. The van der Waals surface area contributed by atoms with Crippen LogP contribution < -0.4 is 0 Å². The Morgan fingerprint density at radius 3 is 2.36 bits per heavy atom. The fourth-order valence-electron chi connectivity index (χ4n) is 6.06. The average Bonchev–Trinajstić information content (AvgIpc) is 3.22. The van der Waals surface area contributed by atoms with Gasteiger partial charge in [0.15, 0.2) is 0 Å². The highest BCUT2D eigenvalue weighted by Crippen LogP contribution is 2.64. The van der Waals surface area contributed by atoms with E-state index < -0.39 is 15.4 Å². The van der Waals surface area contributed by atoms with Crippen molar-refractivity contribution in [2.24, 2.45) is 28.6 Å². The van der Waals surface area contributed by atoms with Gasteiger partial charge in [-0.3, -0.25) is 4.79 Å². The van der Waals surface area contributed by atoms with Crippen LogP contribution in [0.1, 0.15) is 52.4 Å². The van der Waals surface area contributed by atoms with Crippen LogP contribution in [0.25, 0.3) is 0 Å². The maximum absolute atomic E-state index is 13.2. The molecular formula is C19H31NO3S2. The third-order valence-corrected chi connectivity index (χ3v) is 11.3. The Morgan fingerprint density at radius 1 is 1.12 bits per heavy atom. The molecule has 2 aliphatic heterocycles. The lowest BCUT2D eigenvalue weighted by Crippen LogP contribution is -2.48. The molecule has 142 valence electrons. The number of ketones is 1. The molecule has 4 fully saturated rings. The van der Waals surface area contributed by atoms with Crippen molar-refractivity contribution >= 4 is 27.6 Å². The molecule has 2 heterocycles. The molecule has 3 unspecified atom stereocenters. The number of Topliss-reactive ketones (excluding diaryl/α,β-unsaturated/α-hetero) is 1. The van der Waals surface area contributed by atoms with Crippen molar-refractivity contribution in [1.29, 1.82) is 0 Å². The van der Waals surface area contributed by atoms with E-state index in [1.807, 2.05) is 11.8 Å². The van der Waals surface area contributed by atoms with Gasteiger partial charge in [-0.1, -0.05) is 13.8 Å². The highest BCUT2D eigenvalue weighted by atomic mass is 32.2. The van der Waals surface area contributed by atoms with E-state index in [4.69, 9.17) is 0 Å². The smallest absolute Gasteiger partial charge is 0.215 e. The van der Waals surface area contributed by atoms with Crippen molar-refractivity contribution in [3.05, 3.63) is 0 Å². The molecule has 2 aliphatic carbocycles. The van der Waals surface area contributed by atoms with Crippen molar-refractivity contribution < 1.29 is 13.2 Å². The molecule has 4 aliphatic rings. The number of rotatable bonds is 4. The fourth-order valence-corrected chi connectivity index (χ4v) is 9.69. The number of piperidine rings is 1. The second kappa shape index (κ2) is 6.23. The van der Waals surface area contributed by atoms with Crippen LogP contribution in [0, 0.1) is 28.6 Å². The number of hydrogen-bond acceptors (Lipinski definition) is 4. The maximum Gasteiger partial charge on any atom is 0.215 e. The molecule has 0 aromatic carbocycles. The summed E-state index contributed by atoms with van der Waals surface area (Å²) in [5.74, 6) is 4.64. The van der Waals surface area contributed by atoms with Gasteiger partial charge in [0, 0.05) is 24.9 Å². The van der Waals surface area contributed by atoms with Crippen LogP contribution in [0.2, 0.25) is 0 Å². The molecule has 4 nitrogen and oxygen atoms in total. The van der Waals surface area contributed by atoms with Crippen LogP contribution in [0.15, 0.2) is 0 Å². The molecule has 0 radical (unpaired) electrons. The lowest BCUT2D eigenvalue weighted by Gasteiger charge is -2.39. The van der Waals surface area contributed by atoms with Gasteiger partial charge in [-0.25, -0.2) is 12.7 Å². The Bertz CT molecular complexity index is 646. The van der Waals surface area contributed by atoms with Crippen molar-refractivity contribution in [2.75, 3.05) is 30.3 Å². The van der Waals surface area contributed by atoms with Gasteiger partial charge in [0.25, 0.3) is 0 Å². The lowest BCUT2D eigenvalue weighted by molar-refractivity contribution is -0.128. The van der Waals surface area contributed by atoms with Crippen LogP contribution in [0.5, 0.6) is 0 Å². The SMILES string of the molecule is CC1(C)C2CCC1(CS(=O)(=O)N1CCC(C3CCSC3)CC1)C(=O)C2. The predicted octanol–water partition coefficient (Wildman–Crippen LogP) is 3.18. The summed E-state index contributed by atoms with van der Waals surface area (Å²) in [5.41, 5.74) is -0.800. The normalized spacial score (nSPS) is 39.4. The molecule has 25 heavy (non-hydrogen) atoms. The molecule has 0 amide bonds. The third kappa shape index (κ3) is 2.82. The van der Waals surface area contributed by atoms with E-state index in [9.17, 15) is 13.2 Å². The Morgan fingerprint density at radius 2 is 1.84 bits per heavy atom. The maximum atomic E-state index is 13.2. The number of hydrogen-bond donors (Lipinski definition) is 0. The van der Waals surface area contributed by atoms with Crippen LogP contribution >= 0.6 is 11.8 Å². The van der Waals surface area contributed by atoms with Gasteiger partial charge >= 0.3 is 0 Å². The summed E-state index contributed by atoms with van der Waals surface area (Å²) in [6.45, 7) is 5.55. The molecule has 6 heteroatoms. The number of fused-ring (bicyclic) bond motifs is 2. The monoisotopic (exact) mass is 385 g/mol. The van der Waals surface area contributed by atoms with Crippen LogP contribution in [0.4, 0.5) is 0 Å². The van der Waals surface area contributed by atoms with E-state index in [2.05, 4.69) is 13.8 Å². The van der Waals surface area contributed by atoms with Crippen LogP contribution in [0.3, 0.4) is 0 Å². The number of carbonyl (C=O) groups is 1. The first kappa shape index (κ1) is 18.3. The fraction of sp³-hybridized carbons (Fsp3) is 0.947. The summed E-state index contributed by atoms with van der Waals surface area (Å²) >= 11 is 2.04. The molecule has 0 aromatic heterocycles. The molecule has 4 rings (SSSR count). The van der Waals surface area contributed by atoms with Gasteiger partial charge in [-0.15, -0.1) is 0 Å². The number of thioether (sulfide) groups is 1. The van der Waals surface area contributed by atoms with Crippen LogP contribution in [-0.4, -0.2) is 48.9 Å².